The van der Waals surface area contributed by atoms with Crippen LogP contribution in [0.15, 0.2) is 22.8 Å². The molecule has 20 heavy (non-hydrogen) atoms. The summed E-state index contributed by atoms with van der Waals surface area (Å²) in [5.74, 6) is -2.92. The van der Waals surface area contributed by atoms with E-state index in [2.05, 4.69) is 26.2 Å². The average Bonchev–Trinajstić information content (AvgIpc) is 2.37. The topological polar surface area (TPSA) is 42.0 Å². The molecule has 0 saturated heterocycles. The van der Waals surface area contributed by atoms with Gasteiger partial charge in [-0.15, -0.1) is 0 Å². The Bertz CT molecular complexity index is 493. The first-order chi connectivity index (χ1) is 9.38. The van der Waals surface area contributed by atoms with Crippen molar-refractivity contribution in [1.82, 2.24) is 4.98 Å². The number of carbonyl (C=O) groups excluding carboxylic acids is 1. The molecule has 1 aromatic rings. The van der Waals surface area contributed by atoms with E-state index in [1.54, 1.807) is 18.2 Å². The fourth-order valence-electron chi connectivity index (χ4n) is 2.53. The second-order valence-electron chi connectivity index (χ2n) is 4.87. The molecule has 110 valence electrons. The van der Waals surface area contributed by atoms with Crippen molar-refractivity contribution in [3.8, 4) is 0 Å². The summed E-state index contributed by atoms with van der Waals surface area (Å²) in [5.41, 5.74) is 0. The first kappa shape index (κ1) is 15.3. The summed E-state index contributed by atoms with van der Waals surface area (Å²) < 4.78 is 39.4. The maximum atomic E-state index is 13.0. The molecule has 3 nitrogen and oxygen atoms in total. The summed E-state index contributed by atoms with van der Waals surface area (Å²) in [7, 11) is 0. The highest BCUT2D eigenvalue weighted by Crippen LogP contribution is 2.41. The number of rotatable bonds is 2. The molecule has 1 heterocycles. The van der Waals surface area contributed by atoms with E-state index in [1.165, 1.54) is 0 Å². The van der Waals surface area contributed by atoms with Crippen molar-refractivity contribution in [3.05, 3.63) is 22.8 Å². The average molecular weight is 351 g/mol. The lowest BCUT2D eigenvalue weighted by molar-refractivity contribution is -0.197. The molecule has 0 bridgehead atoms. The lowest BCUT2D eigenvalue weighted by Gasteiger charge is -2.31. The number of halogens is 4. The molecule has 1 fully saturated rings. The predicted molar refractivity (Wildman–Crippen MR) is 72.1 cm³/mol. The van der Waals surface area contributed by atoms with Gasteiger partial charge < -0.3 is 5.32 Å². The van der Waals surface area contributed by atoms with Crippen LogP contribution < -0.4 is 5.32 Å². The quantitative estimate of drug-likeness (QED) is 0.814. The number of pyridine rings is 1. The van der Waals surface area contributed by atoms with Gasteiger partial charge in [0.25, 0.3) is 0 Å². The number of nitrogens with zero attached hydrogens (tertiary/aromatic N) is 1. The summed E-state index contributed by atoms with van der Waals surface area (Å²) in [4.78, 5) is 16.1. The maximum Gasteiger partial charge on any atom is 0.392 e. The van der Waals surface area contributed by atoms with E-state index in [-0.39, 0.29) is 18.7 Å². The van der Waals surface area contributed by atoms with Gasteiger partial charge in [0, 0.05) is 5.92 Å². The molecule has 1 aliphatic carbocycles. The number of carbonyl (C=O) groups is 1. The van der Waals surface area contributed by atoms with Crippen LogP contribution in [-0.4, -0.2) is 17.1 Å². The normalized spacial score (nSPS) is 23.4. The highest BCUT2D eigenvalue weighted by atomic mass is 79.9. The Labute approximate surface area is 123 Å². The molecule has 7 heteroatoms. The minimum atomic E-state index is -4.33. The van der Waals surface area contributed by atoms with Crippen molar-refractivity contribution in [1.29, 1.82) is 0 Å². The summed E-state index contributed by atoms with van der Waals surface area (Å²) >= 11 is 3.15. The highest BCUT2D eigenvalue weighted by molar-refractivity contribution is 9.10. The number of nitrogens with one attached hydrogen (secondary N) is 1. The van der Waals surface area contributed by atoms with E-state index >= 15 is 0 Å². The molecule has 1 amide bonds. The molecule has 2 unspecified atom stereocenters. The van der Waals surface area contributed by atoms with Crippen molar-refractivity contribution in [2.24, 2.45) is 11.8 Å². The zero-order valence-electron chi connectivity index (χ0n) is 10.6. The Kier molecular flexibility index (Phi) is 4.67. The van der Waals surface area contributed by atoms with Crippen molar-refractivity contribution in [3.63, 3.8) is 0 Å². The molecule has 0 spiro atoms. The number of anilines is 1. The number of amides is 1. The van der Waals surface area contributed by atoms with Gasteiger partial charge >= 0.3 is 6.18 Å². The molecule has 1 N–H and O–H groups in total. The van der Waals surface area contributed by atoms with Gasteiger partial charge in [0.2, 0.25) is 5.91 Å². The number of aromatic nitrogens is 1. The summed E-state index contributed by atoms with van der Waals surface area (Å²) in [6.45, 7) is 0. The Hall–Kier alpha value is -1.11. The summed E-state index contributed by atoms with van der Waals surface area (Å²) in [6, 6.07) is 4.89. The molecule has 0 aliphatic heterocycles. The minimum Gasteiger partial charge on any atom is -0.310 e. The van der Waals surface area contributed by atoms with E-state index in [1.807, 2.05) is 0 Å². The predicted octanol–water partition coefficient (Wildman–Crippen LogP) is 4.15. The van der Waals surface area contributed by atoms with Gasteiger partial charge in [-0.25, -0.2) is 4.98 Å². The van der Waals surface area contributed by atoms with E-state index in [0.29, 0.717) is 17.4 Å². The van der Waals surface area contributed by atoms with Crippen LogP contribution in [0.25, 0.3) is 0 Å². The number of alkyl halides is 3. The zero-order valence-corrected chi connectivity index (χ0v) is 12.2. The molecule has 0 radical (unpaired) electrons. The van der Waals surface area contributed by atoms with Crippen LogP contribution in [0.1, 0.15) is 25.7 Å². The van der Waals surface area contributed by atoms with Gasteiger partial charge in [0.05, 0.1) is 5.92 Å². The summed E-state index contributed by atoms with van der Waals surface area (Å²) in [6.07, 6.45) is -2.87. The third kappa shape index (κ3) is 3.71. The Balaban J connectivity index is 2.10. The van der Waals surface area contributed by atoms with E-state index in [0.717, 1.165) is 0 Å². The molecule has 1 saturated carbocycles. The van der Waals surface area contributed by atoms with Gasteiger partial charge in [0.15, 0.2) is 0 Å². The Morgan fingerprint density at radius 1 is 1.30 bits per heavy atom. The van der Waals surface area contributed by atoms with Crippen molar-refractivity contribution >= 4 is 27.7 Å². The third-order valence-electron chi connectivity index (χ3n) is 3.49. The largest absolute Gasteiger partial charge is 0.392 e. The maximum absolute atomic E-state index is 13.0. The van der Waals surface area contributed by atoms with Gasteiger partial charge in [-0.3, -0.25) is 4.79 Å². The number of hydrogen-bond donors (Lipinski definition) is 1. The van der Waals surface area contributed by atoms with Crippen LogP contribution in [0, 0.1) is 11.8 Å². The minimum absolute atomic E-state index is 0.0213. The van der Waals surface area contributed by atoms with E-state index in [9.17, 15) is 18.0 Å². The summed E-state index contributed by atoms with van der Waals surface area (Å²) in [5, 5.41) is 2.47. The smallest absolute Gasteiger partial charge is 0.310 e. The molecule has 1 aliphatic rings. The zero-order chi connectivity index (χ0) is 14.8. The lowest BCUT2D eigenvalue weighted by Crippen LogP contribution is -2.39. The molecule has 2 rings (SSSR count). The SMILES string of the molecule is O=C(Nc1cccc(Br)n1)C1CCCCC1C(F)(F)F. The van der Waals surface area contributed by atoms with Gasteiger partial charge in [-0.2, -0.15) is 13.2 Å². The monoisotopic (exact) mass is 350 g/mol. The van der Waals surface area contributed by atoms with Crippen LogP contribution in [0.5, 0.6) is 0 Å². The lowest BCUT2D eigenvalue weighted by atomic mass is 9.78. The standard InChI is InChI=1S/C13H14BrF3N2O/c14-10-6-3-7-11(18-10)19-12(20)8-4-1-2-5-9(8)13(15,16)17/h3,6-9H,1-2,4-5H2,(H,18,19,20). The van der Waals surface area contributed by atoms with Gasteiger partial charge in [0.1, 0.15) is 10.4 Å². The first-order valence-electron chi connectivity index (χ1n) is 6.38. The van der Waals surface area contributed by atoms with Gasteiger partial charge in [-0.05, 0) is 40.9 Å². The Morgan fingerprint density at radius 2 is 2.00 bits per heavy atom. The van der Waals surface area contributed by atoms with Crippen molar-refractivity contribution in [2.45, 2.75) is 31.9 Å². The van der Waals surface area contributed by atoms with Crippen molar-refractivity contribution < 1.29 is 18.0 Å². The van der Waals surface area contributed by atoms with E-state index < -0.39 is 23.9 Å². The van der Waals surface area contributed by atoms with Crippen LogP contribution in [0.3, 0.4) is 0 Å². The molecule has 2 atom stereocenters. The fourth-order valence-corrected chi connectivity index (χ4v) is 2.88. The van der Waals surface area contributed by atoms with Crippen molar-refractivity contribution in [2.75, 3.05) is 5.32 Å². The molecular weight excluding hydrogens is 337 g/mol. The molecular formula is C13H14BrF3N2O. The first-order valence-corrected chi connectivity index (χ1v) is 7.17. The Morgan fingerprint density at radius 3 is 2.65 bits per heavy atom. The number of hydrogen-bond acceptors (Lipinski definition) is 2. The fraction of sp³-hybridized carbons (Fsp3) is 0.538. The van der Waals surface area contributed by atoms with Crippen LogP contribution in [0.2, 0.25) is 0 Å². The highest BCUT2D eigenvalue weighted by Gasteiger charge is 2.48. The molecule has 0 aromatic carbocycles. The van der Waals surface area contributed by atoms with Gasteiger partial charge in [-0.1, -0.05) is 18.9 Å². The third-order valence-corrected chi connectivity index (χ3v) is 3.93. The van der Waals surface area contributed by atoms with E-state index in [4.69, 9.17) is 0 Å². The second-order valence-corrected chi connectivity index (χ2v) is 5.69. The molecule has 1 aromatic heterocycles. The van der Waals surface area contributed by atoms with Crippen LogP contribution >= 0.6 is 15.9 Å². The van der Waals surface area contributed by atoms with Crippen LogP contribution in [-0.2, 0) is 4.79 Å². The second kappa shape index (κ2) is 6.11. The van der Waals surface area contributed by atoms with Crippen LogP contribution in [0.4, 0.5) is 19.0 Å².